The van der Waals surface area contributed by atoms with Crippen LogP contribution in [0.25, 0.3) is 11.3 Å². The fourth-order valence-electron chi connectivity index (χ4n) is 2.17. The van der Waals surface area contributed by atoms with Crippen molar-refractivity contribution in [3.05, 3.63) is 61.0 Å². The Morgan fingerprint density at radius 3 is 2.85 bits per heavy atom. The Morgan fingerprint density at radius 1 is 1.33 bits per heavy atom. The van der Waals surface area contributed by atoms with E-state index >= 15 is 0 Å². The largest absolute Gasteiger partial charge is 0.424 e. The summed E-state index contributed by atoms with van der Waals surface area (Å²) in [7, 11) is 1.80. The standard InChI is InChI=1S/C18H16FN5O3/c1-11(2)26-18(25)23-16-8-13(4-5-14(16)19)27-17-20-7-6-15(22-17)12-9-21-24(3)10-12/h4-10H,1H2,2-3H3,(H,23,25). The number of nitrogens with one attached hydrogen (secondary N) is 1. The number of hydrogen-bond acceptors (Lipinski definition) is 6. The number of anilines is 1. The summed E-state index contributed by atoms with van der Waals surface area (Å²) in [5.74, 6) is -0.225. The van der Waals surface area contributed by atoms with Gasteiger partial charge in [0.05, 0.1) is 23.3 Å². The molecule has 1 amide bonds. The first kappa shape index (κ1) is 18.1. The van der Waals surface area contributed by atoms with Gasteiger partial charge in [0.25, 0.3) is 0 Å². The first-order valence-corrected chi connectivity index (χ1v) is 7.84. The maximum Gasteiger partial charge on any atom is 0.416 e. The molecule has 0 aliphatic rings. The Balaban J connectivity index is 1.79. The molecule has 138 valence electrons. The molecule has 3 rings (SSSR count). The number of carbonyl (C=O) groups excluding carboxylic acids is 1. The van der Waals surface area contributed by atoms with Crippen LogP contribution in [-0.2, 0) is 11.8 Å². The van der Waals surface area contributed by atoms with E-state index in [1.165, 1.54) is 25.3 Å². The second-order valence-corrected chi connectivity index (χ2v) is 5.59. The molecule has 1 N–H and O–H groups in total. The van der Waals surface area contributed by atoms with Crippen LogP contribution in [0.2, 0.25) is 0 Å². The lowest BCUT2D eigenvalue weighted by molar-refractivity contribution is 0.192. The van der Waals surface area contributed by atoms with Gasteiger partial charge in [0.15, 0.2) is 0 Å². The number of halogens is 1. The van der Waals surface area contributed by atoms with Gasteiger partial charge in [-0.1, -0.05) is 6.58 Å². The maximum absolute atomic E-state index is 13.9. The normalized spacial score (nSPS) is 10.3. The summed E-state index contributed by atoms with van der Waals surface area (Å²) in [6, 6.07) is 5.63. The van der Waals surface area contributed by atoms with Crippen molar-refractivity contribution in [1.82, 2.24) is 19.7 Å². The zero-order valence-corrected chi connectivity index (χ0v) is 14.6. The second kappa shape index (κ2) is 7.65. The highest BCUT2D eigenvalue weighted by molar-refractivity contribution is 5.85. The lowest BCUT2D eigenvalue weighted by Crippen LogP contribution is -2.13. The summed E-state index contributed by atoms with van der Waals surface area (Å²) < 4.78 is 25.9. The minimum Gasteiger partial charge on any atom is -0.424 e. The van der Waals surface area contributed by atoms with E-state index in [2.05, 4.69) is 27.0 Å². The minimum absolute atomic E-state index is 0.0680. The average molecular weight is 369 g/mol. The Labute approximate surface area is 154 Å². The van der Waals surface area contributed by atoms with Crippen LogP contribution in [0, 0.1) is 5.82 Å². The maximum atomic E-state index is 13.9. The lowest BCUT2D eigenvalue weighted by atomic mass is 10.2. The van der Waals surface area contributed by atoms with Gasteiger partial charge in [-0.3, -0.25) is 10.00 Å². The second-order valence-electron chi connectivity index (χ2n) is 5.59. The molecule has 0 saturated carbocycles. The predicted molar refractivity (Wildman–Crippen MR) is 95.6 cm³/mol. The molecule has 3 aromatic rings. The number of aryl methyl sites for hydroxylation is 1. The molecule has 27 heavy (non-hydrogen) atoms. The lowest BCUT2D eigenvalue weighted by Gasteiger charge is -2.09. The van der Waals surface area contributed by atoms with Gasteiger partial charge >= 0.3 is 12.1 Å². The Hall–Kier alpha value is -3.75. The van der Waals surface area contributed by atoms with Crippen LogP contribution in [0.1, 0.15) is 6.92 Å². The van der Waals surface area contributed by atoms with Gasteiger partial charge in [-0.2, -0.15) is 10.1 Å². The molecule has 0 spiro atoms. The van der Waals surface area contributed by atoms with E-state index in [4.69, 9.17) is 9.47 Å². The minimum atomic E-state index is -0.853. The summed E-state index contributed by atoms with van der Waals surface area (Å²) in [6.45, 7) is 4.95. The topological polar surface area (TPSA) is 91.2 Å². The number of rotatable bonds is 5. The van der Waals surface area contributed by atoms with Crippen molar-refractivity contribution in [2.24, 2.45) is 7.05 Å². The van der Waals surface area contributed by atoms with Gasteiger partial charge in [-0.05, 0) is 25.1 Å². The first-order valence-electron chi connectivity index (χ1n) is 7.84. The molecule has 0 aliphatic heterocycles. The van der Waals surface area contributed by atoms with E-state index in [0.717, 1.165) is 11.6 Å². The quantitative estimate of drug-likeness (QED) is 0.686. The summed E-state index contributed by atoms with van der Waals surface area (Å²) in [4.78, 5) is 20.0. The van der Waals surface area contributed by atoms with Crippen LogP contribution >= 0.6 is 0 Å². The van der Waals surface area contributed by atoms with Crippen LogP contribution < -0.4 is 10.1 Å². The zero-order chi connectivity index (χ0) is 19.4. The molecule has 1 aromatic carbocycles. The molecule has 0 fully saturated rings. The number of hydrogen-bond donors (Lipinski definition) is 1. The molecular weight excluding hydrogens is 353 g/mol. The molecular formula is C18H16FN5O3. The fourth-order valence-corrected chi connectivity index (χ4v) is 2.17. The van der Waals surface area contributed by atoms with Crippen LogP contribution in [0.4, 0.5) is 14.9 Å². The van der Waals surface area contributed by atoms with E-state index in [1.54, 1.807) is 30.2 Å². The molecule has 2 aromatic heterocycles. The first-order chi connectivity index (χ1) is 12.9. The van der Waals surface area contributed by atoms with E-state index in [1.807, 2.05) is 0 Å². The number of nitrogens with zero attached hydrogens (tertiary/aromatic N) is 4. The molecule has 0 unspecified atom stereocenters. The summed E-state index contributed by atoms with van der Waals surface area (Å²) in [5.41, 5.74) is 1.31. The summed E-state index contributed by atoms with van der Waals surface area (Å²) in [5, 5.41) is 6.37. The highest BCUT2D eigenvalue weighted by Crippen LogP contribution is 2.26. The van der Waals surface area contributed by atoms with Gasteiger partial charge in [0.2, 0.25) is 0 Å². The number of amides is 1. The van der Waals surface area contributed by atoms with E-state index in [0.29, 0.717) is 5.69 Å². The van der Waals surface area contributed by atoms with Crippen LogP contribution in [0.3, 0.4) is 0 Å². The molecule has 2 heterocycles. The molecule has 0 atom stereocenters. The summed E-state index contributed by atoms with van der Waals surface area (Å²) >= 11 is 0. The van der Waals surface area contributed by atoms with Crippen molar-refractivity contribution < 1.29 is 18.7 Å². The molecule has 0 saturated heterocycles. The third-order valence-electron chi connectivity index (χ3n) is 3.28. The zero-order valence-electron chi connectivity index (χ0n) is 14.6. The Bertz CT molecular complexity index is 1000. The molecule has 9 heteroatoms. The summed E-state index contributed by atoms with van der Waals surface area (Å²) in [6.07, 6.45) is 4.16. The van der Waals surface area contributed by atoms with E-state index < -0.39 is 11.9 Å². The third kappa shape index (κ3) is 4.66. The van der Waals surface area contributed by atoms with Crippen molar-refractivity contribution in [3.8, 4) is 23.0 Å². The van der Waals surface area contributed by atoms with Crippen molar-refractivity contribution in [2.45, 2.75) is 6.92 Å². The van der Waals surface area contributed by atoms with Crippen molar-refractivity contribution >= 4 is 11.8 Å². The molecule has 0 radical (unpaired) electrons. The monoisotopic (exact) mass is 369 g/mol. The molecule has 0 bridgehead atoms. The number of ether oxygens (including phenoxy) is 2. The fraction of sp³-hybridized carbons (Fsp3) is 0.111. The third-order valence-corrected chi connectivity index (χ3v) is 3.28. The average Bonchev–Trinajstić information content (AvgIpc) is 3.04. The van der Waals surface area contributed by atoms with Gasteiger partial charge < -0.3 is 9.47 Å². The Morgan fingerprint density at radius 2 is 2.15 bits per heavy atom. The smallest absolute Gasteiger partial charge is 0.416 e. The number of carbonyl (C=O) groups is 1. The highest BCUT2D eigenvalue weighted by atomic mass is 19.1. The van der Waals surface area contributed by atoms with Crippen LogP contribution in [0.5, 0.6) is 11.8 Å². The van der Waals surface area contributed by atoms with Gasteiger partial charge in [0.1, 0.15) is 11.6 Å². The number of benzene rings is 1. The highest BCUT2D eigenvalue weighted by Gasteiger charge is 2.12. The van der Waals surface area contributed by atoms with Crippen molar-refractivity contribution in [2.75, 3.05) is 5.32 Å². The Kier molecular flexibility index (Phi) is 5.11. The van der Waals surface area contributed by atoms with Crippen molar-refractivity contribution in [1.29, 1.82) is 0 Å². The van der Waals surface area contributed by atoms with Gasteiger partial charge in [-0.15, -0.1) is 0 Å². The van der Waals surface area contributed by atoms with Gasteiger partial charge in [-0.25, -0.2) is 14.2 Å². The van der Waals surface area contributed by atoms with Crippen LogP contribution in [0.15, 0.2) is 55.2 Å². The van der Waals surface area contributed by atoms with Gasteiger partial charge in [0, 0.05) is 31.1 Å². The SMILES string of the molecule is C=C(C)OC(=O)Nc1cc(Oc2nccc(-c3cnn(C)c3)n2)ccc1F. The van der Waals surface area contributed by atoms with E-state index in [-0.39, 0.29) is 23.2 Å². The molecule has 0 aliphatic carbocycles. The predicted octanol–water partition coefficient (Wildman–Crippen LogP) is 3.89. The number of allylic oxidation sites excluding steroid dienone is 1. The number of aromatic nitrogens is 4. The molecule has 8 nitrogen and oxygen atoms in total. The van der Waals surface area contributed by atoms with Crippen LogP contribution in [-0.4, -0.2) is 25.8 Å². The van der Waals surface area contributed by atoms with Crippen molar-refractivity contribution in [3.63, 3.8) is 0 Å². The van der Waals surface area contributed by atoms with E-state index in [9.17, 15) is 9.18 Å².